The Morgan fingerprint density at radius 3 is 2.85 bits per heavy atom. The van der Waals surface area contributed by atoms with E-state index in [0.717, 1.165) is 23.8 Å². The molecule has 1 saturated carbocycles. The first-order valence-electron chi connectivity index (χ1n) is 7.40. The van der Waals surface area contributed by atoms with Crippen molar-refractivity contribution in [3.8, 4) is 11.4 Å². The van der Waals surface area contributed by atoms with Crippen LogP contribution in [-0.2, 0) is 0 Å². The Kier molecular flexibility index (Phi) is 2.99. The summed E-state index contributed by atoms with van der Waals surface area (Å²) in [5, 5.41) is 7.76. The fraction of sp³-hybridized carbons (Fsp3) is 0.533. The lowest BCUT2D eigenvalue weighted by Crippen LogP contribution is -2.30. The van der Waals surface area contributed by atoms with Gasteiger partial charge in [0.15, 0.2) is 0 Å². The molecular formula is C15H18N4O. The van der Waals surface area contributed by atoms with E-state index in [1.165, 1.54) is 25.7 Å². The van der Waals surface area contributed by atoms with Crippen LogP contribution in [0.5, 0.6) is 0 Å². The molecule has 0 aromatic carbocycles. The number of nitrogens with zero attached hydrogens (tertiary/aromatic N) is 3. The number of hydrogen-bond donors (Lipinski definition) is 1. The molecule has 0 radical (unpaired) electrons. The maximum Gasteiger partial charge on any atom is 0.244 e. The molecule has 2 fully saturated rings. The molecule has 0 spiro atoms. The predicted molar refractivity (Wildman–Crippen MR) is 73.8 cm³/mol. The summed E-state index contributed by atoms with van der Waals surface area (Å²) in [5.74, 6) is 2.16. The zero-order chi connectivity index (χ0) is 13.4. The topological polar surface area (TPSA) is 63.8 Å². The number of rotatable bonds is 2. The van der Waals surface area contributed by atoms with Gasteiger partial charge in [-0.2, -0.15) is 4.98 Å². The summed E-state index contributed by atoms with van der Waals surface area (Å²) >= 11 is 0. The zero-order valence-corrected chi connectivity index (χ0v) is 11.3. The predicted octanol–water partition coefficient (Wildman–Crippen LogP) is 2.72. The van der Waals surface area contributed by atoms with Gasteiger partial charge in [-0.05, 0) is 37.3 Å². The fourth-order valence-corrected chi connectivity index (χ4v) is 3.51. The van der Waals surface area contributed by atoms with Crippen molar-refractivity contribution in [3.05, 3.63) is 30.4 Å². The van der Waals surface area contributed by atoms with E-state index >= 15 is 0 Å². The maximum absolute atomic E-state index is 5.47. The number of fused-ring (bicyclic) bond motifs is 1. The number of pyridine rings is 1. The highest BCUT2D eigenvalue weighted by atomic mass is 16.5. The first-order chi connectivity index (χ1) is 9.90. The zero-order valence-electron chi connectivity index (χ0n) is 11.3. The minimum atomic E-state index is 0.228. The third-order valence-electron chi connectivity index (χ3n) is 4.54. The van der Waals surface area contributed by atoms with E-state index in [1.54, 1.807) is 12.4 Å². The normalized spacial score (nSPS) is 29.3. The quantitative estimate of drug-likeness (QED) is 0.909. The first-order valence-corrected chi connectivity index (χ1v) is 7.40. The number of nitrogens with one attached hydrogen (secondary N) is 1. The largest absolute Gasteiger partial charge is 0.337 e. The highest BCUT2D eigenvalue weighted by molar-refractivity contribution is 5.52. The summed E-state index contributed by atoms with van der Waals surface area (Å²) in [6.45, 7) is 0. The Morgan fingerprint density at radius 2 is 2.00 bits per heavy atom. The van der Waals surface area contributed by atoms with E-state index in [-0.39, 0.29) is 6.04 Å². The monoisotopic (exact) mass is 270 g/mol. The third-order valence-corrected chi connectivity index (χ3v) is 4.54. The van der Waals surface area contributed by atoms with Gasteiger partial charge < -0.3 is 9.84 Å². The molecular weight excluding hydrogens is 252 g/mol. The minimum Gasteiger partial charge on any atom is -0.337 e. The summed E-state index contributed by atoms with van der Waals surface area (Å²) in [6, 6.07) is 4.67. The molecule has 0 amide bonds. The Labute approximate surface area is 117 Å². The highest BCUT2D eigenvalue weighted by Gasteiger charge is 2.38. The highest BCUT2D eigenvalue weighted by Crippen LogP contribution is 2.38. The van der Waals surface area contributed by atoms with Gasteiger partial charge in [-0.15, -0.1) is 0 Å². The molecule has 104 valence electrons. The van der Waals surface area contributed by atoms with Crippen LogP contribution in [0.3, 0.4) is 0 Å². The van der Waals surface area contributed by atoms with Crippen LogP contribution in [-0.4, -0.2) is 21.2 Å². The molecule has 20 heavy (non-hydrogen) atoms. The Balaban J connectivity index is 1.54. The van der Waals surface area contributed by atoms with Gasteiger partial charge in [-0.3, -0.25) is 4.98 Å². The Morgan fingerprint density at radius 1 is 1.15 bits per heavy atom. The molecule has 2 aromatic rings. The van der Waals surface area contributed by atoms with Crippen LogP contribution in [0.2, 0.25) is 0 Å². The van der Waals surface area contributed by atoms with Gasteiger partial charge in [0.25, 0.3) is 0 Å². The van der Waals surface area contributed by atoms with Gasteiger partial charge in [-0.1, -0.05) is 18.0 Å². The van der Waals surface area contributed by atoms with E-state index in [4.69, 9.17) is 4.52 Å². The van der Waals surface area contributed by atoms with Crippen LogP contribution in [0.4, 0.5) is 0 Å². The smallest absolute Gasteiger partial charge is 0.244 e. The van der Waals surface area contributed by atoms with Crippen LogP contribution < -0.4 is 5.32 Å². The molecule has 3 unspecified atom stereocenters. The summed E-state index contributed by atoms with van der Waals surface area (Å²) in [4.78, 5) is 8.56. The van der Waals surface area contributed by atoms with Crippen molar-refractivity contribution in [2.45, 2.75) is 44.2 Å². The SMILES string of the molecule is c1cc(-c2noc(C3CC4CCCCC4N3)n2)ccn1. The summed E-state index contributed by atoms with van der Waals surface area (Å²) in [6.07, 6.45) is 9.94. The van der Waals surface area contributed by atoms with Crippen molar-refractivity contribution in [2.75, 3.05) is 0 Å². The average Bonchev–Trinajstić information content (AvgIpc) is 3.14. The molecule has 5 nitrogen and oxygen atoms in total. The van der Waals surface area contributed by atoms with Crippen molar-refractivity contribution >= 4 is 0 Å². The molecule has 3 heterocycles. The van der Waals surface area contributed by atoms with Crippen molar-refractivity contribution in [1.82, 2.24) is 20.4 Å². The maximum atomic E-state index is 5.47. The average molecular weight is 270 g/mol. The van der Waals surface area contributed by atoms with Gasteiger partial charge in [-0.25, -0.2) is 0 Å². The van der Waals surface area contributed by atoms with Crippen LogP contribution in [0.1, 0.15) is 44.0 Å². The molecule has 1 aliphatic carbocycles. The molecule has 2 aliphatic rings. The number of aromatic nitrogens is 3. The Hall–Kier alpha value is -1.75. The molecule has 1 saturated heterocycles. The van der Waals surface area contributed by atoms with Crippen molar-refractivity contribution < 1.29 is 4.52 Å². The first kappa shape index (κ1) is 12.0. The molecule has 0 bridgehead atoms. The third kappa shape index (κ3) is 2.12. The lowest BCUT2D eigenvalue weighted by molar-refractivity contribution is 0.324. The van der Waals surface area contributed by atoms with Crippen LogP contribution in [0.15, 0.2) is 29.0 Å². The minimum absolute atomic E-state index is 0.228. The summed E-state index contributed by atoms with van der Waals surface area (Å²) < 4.78 is 5.47. The second-order valence-corrected chi connectivity index (χ2v) is 5.80. The molecule has 2 aromatic heterocycles. The second kappa shape index (κ2) is 4.98. The number of hydrogen-bond acceptors (Lipinski definition) is 5. The van der Waals surface area contributed by atoms with E-state index in [1.807, 2.05) is 12.1 Å². The van der Waals surface area contributed by atoms with Crippen LogP contribution >= 0.6 is 0 Å². The molecule has 3 atom stereocenters. The van der Waals surface area contributed by atoms with Gasteiger partial charge in [0, 0.05) is 24.0 Å². The summed E-state index contributed by atoms with van der Waals surface area (Å²) in [7, 11) is 0. The Bertz CT molecular complexity index is 569. The van der Waals surface area contributed by atoms with Gasteiger partial charge in [0.1, 0.15) is 0 Å². The van der Waals surface area contributed by atoms with Gasteiger partial charge in [0.05, 0.1) is 6.04 Å². The standard InChI is InChI=1S/C15H18N4O/c1-2-4-12-11(3-1)9-13(17-12)15-18-14(19-20-15)10-5-7-16-8-6-10/h5-8,11-13,17H,1-4,9H2. The fourth-order valence-electron chi connectivity index (χ4n) is 3.51. The van der Waals surface area contributed by atoms with Gasteiger partial charge in [0.2, 0.25) is 11.7 Å². The molecule has 5 heteroatoms. The lowest BCUT2D eigenvalue weighted by atomic mass is 9.85. The molecule has 1 N–H and O–H groups in total. The molecule has 1 aliphatic heterocycles. The van der Waals surface area contributed by atoms with Crippen LogP contribution in [0.25, 0.3) is 11.4 Å². The van der Waals surface area contributed by atoms with Crippen molar-refractivity contribution in [2.24, 2.45) is 5.92 Å². The van der Waals surface area contributed by atoms with Gasteiger partial charge >= 0.3 is 0 Å². The second-order valence-electron chi connectivity index (χ2n) is 5.80. The van der Waals surface area contributed by atoms with E-state index in [0.29, 0.717) is 11.9 Å². The lowest BCUT2D eigenvalue weighted by Gasteiger charge is -2.24. The van der Waals surface area contributed by atoms with Crippen molar-refractivity contribution in [3.63, 3.8) is 0 Å². The van der Waals surface area contributed by atoms with E-state index in [9.17, 15) is 0 Å². The summed E-state index contributed by atoms with van der Waals surface area (Å²) in [5.41, 5.74) is 0.949. The van der Waals surface area contributed by atoms with Crippen LogP contribution in [0, 0.1) is 5.92 Å². The van der Waals surface area contributed by atoms with E-state index in [2.05, 4.69) is 20.4 Å². The molecule has 4 rings (SSSR count). The van der Waals surface area contributed by atoms with E-state index < -0.39 is 0 Å². The van der Waals surface area contributed by atoms with Crippen molar-refractivity contribution in [1.29, 1.82) is 0 Å².